The van der Waals surface area contributed by atoms with E-state index in [0.29, 0.717) is 71.1 Å². The lowest BCUT2D eigenvalue weighted by molar-refractivity contribution is -0.125. The Hall–Kier alpha value is -5.73. The van der Waals surface area contributed by atoms with Crippen molar-refractivity contribution in [3.05, 3.63) is 118 Å². The van der Waals surface area contributed by atoms with Gasteiger partial charge in [0.2, 0.25) is 27.7 Å². The first-order valence-corrected chi connectivity index (χ1v) is 21.3. The Morgan fingerprint density at radius 2 is 1.54 bits per heavy atom. The van der Waals surface area contributed by atoms with Crippen LogP contribution in [0.15, 0.2) is 79.4 Å². The van der Waals surface area contributed by atoms with Gasteiger partial charge in [0.05, 0.1) is 28.4 Å². The monoisotopic (exact) mass is 850 g/mol. The first kappa shape index (κ1) is 38.8. The van der Waals surface area contributed by atoms with Gasteiger partial charge in [-0.15, -0.1) is 0 Å². The number of pyridine rings is 1. The summed E-state index contributed by atoms with van der Waals surface area (Å²) < 4.78 is 28.8. The summed E-state index contributed by atoms with van der Waals surface area (Å²) in [5, 5.41) is 15.5. The molecule has 0 bridgehead atoms. The fraction of sp³-hybridized carbons (Fsp3) is 0.317. The van der Waals surface area contributed by atoms with Crippen LogP contribution in [0.4, 0.5) is 11.6 Å². The molecule has 18 heteroatoms. The van der Waals surface area contributed by atoms with E-state index in [1.54, 1.807) is 60.4 Å². The second-order valence-electron chi connectivity index (χ2n) is 15.8. The number of carbonyl (C=O) groups is 3. The maximum atomic E-state index is 14.6. The van der Waals surface area contributed by atoms with E-state index in [2.05, 4.69) is 35.3 Å². The number of imidazole rings is 1. The molecule has 3 saturated carbocycles. The number of halogens is 2. The number of nitrogens with one attached hydrogen (secondary N) is 3. The van der Waals surface area contributed by atoms with Crippen molar-refractivity contribution in [1.82, 2.24) is 39.9 Å². The average Bonchev–Trinajstić information content (AvgIpc) is 4.14. The first-order valence-electron chi connectivity index (χ1n) is 19.0. The van der Waals surface area contributed by atoms with E-state index < -0.39 is 32.5 Å². The van der Waals surface area contributed by atoms with Crippen LogP contribution in [0.5, 0.6) is 0 Å². The van der Waals surface area contributed by atoms with Crippen molar-refractivity contribution in [2.75, 3.05) is 4.90 Å². The summed E-state index contributed by atoms with van der Waals surface area (Å²) in [5.74, 6) is -1.03. The van der Waals surface area contributed by atoms with Crippen LogP contribution in [0.25, 0.3) is 11.1 Å². The molecule has 3 aromatic heterocycles. The predicted molar refractivity (Wildman–Crippen MR) is 217 cm³/mol. The highest BCUT2D eigenvalue weighted by molar-refractivity contribution is 7.90. The molecule has 9 rings (SSSR count). The normalized spacial score (nSPS) is 19.8. The van der Waals surface area contributed by atoms with Gasteiger partial charge in [-0.05, 0) is 86.4 Å². The van der Waals surface area contributed by atoms with Crippen molar-refractivity contribution in [1.29, 1.82) is 5.26 Å². The quantitative estimate of drug-likeness (QED) is 0.141. The fourth-order valence-electron chi connectivity index (χ4n) is 7.59. The number of carbonyl (C=O) groups excluding carboxylic acids is 3. The van der Waals surface area contributed by atoms with Crippen LogP contribution < -0.4 is 20.3 Å². The number of hydrogen-bond donors (Lipinski definition) is 3. The lowest BCUT2D eigenvalue weighted by Crippen LogP contribution is -2.52. The number of nitriles is 1. The molecule has 3 fully saturated rings. The molecule has 0 spiro atoms. The maximum absolute atomic E-state index is 14.6. The van der Waals surface area contributed by atoms with E-state index in [1.807, 2.05) is 30.3 Å². The molecule has 5 aromatic rings. The molecule has 3 aliphatic carbocycles. The van der Waals surface area contributed by atoms with Crippen LogP contribution in [0, 0.1) is 11.3 Å². The Morgan fingerprint density at radius 3 is 2.14 bits per heavy atom. The minimum Gasteiger partial charge on any atom is -0.343 e. The molecular weight excluding hydrogens is 815 g/mol. The number of rotatable bonds is 13. The van der Waals surface area contributed by atoms with Gasteiger partial charge in [-0.1, -0.05) is 53.5 Å². The minimum atomic E-state index is -3.34. The number of benzene rings is 2. The molecular formula is C41H36Cl2N10O5S. The summed E-state index contributed by atoms with van der Waals surface area (Å²) in [6.07, 6.45) is 9.80. The molecule has 300 valence electrons. The zero-order valence-electron chi connectivity index (χ0n) is 31.6. The summed E-state index contributed by atoms with van der Waals surface area (Å²) in [5.41, 5.74) is 0.890. The van der Waals surface area contributed by atoms with Crippen LogP contribution in [-0.4, -0.2) is 61.4 Å². The van der Waals surface area contributed by atoms with Gasteiger partial charge in [-0.2, -0.15) is 5.26 Å². The van der Waals surface area contributed by atoms with Crippen molar-refractivity contribution < 1.29 is 22.8 Å². The molecule has 0 saturated heterocycles. The number of amides is 3. The zero-order chi connectivity index (χ0) is 41.3. The zero-order valence-corrected chi connectivity index (χ0v) is 33.9. The van der Waals surface area contributed by atoms with E-state index in [9.17, 15) is 22.8 Å². The molecule has 0 unspecified atom stereocenters. The average molecular weight is 852 g/mol. The third-order valence-corrected chi connectivity index (χ3v) is 13.8. The van der Waals surface area contributed by atoms with Gasteiger partial charge in [0, 0.05) is 47.2 Å². The molecule has 2 aromatic carbocycles. The summed E-state index contributed by atoms with van der Waals surface area (Å²) in [7, 11) is -3.34. The fourth-order valence-corrected chi connectivity index (χ4v) is 9.47. The van der Waals surface area contributed by atoms with Crippen LogP contribution in [0.3, 0.4) is 0 Å². The predicted octanol–water partition coefficient (Wildman–Crippen LogP) is 5.20. The van der Waals surface area contributed by atoms with Gasteiger partial charge in [0.25, 0.3) is 11.8 Å². The molecule has 4 heterocycles. The Bertz CT molecular complexity index is 2670. The lowest BCUT2D eigenvalue weighted by Gasteiger charge is -2.27. The highest BCUT2D eigenvalue weighted by Crippen LogP contribution is 2.48. The van der Waals surface area contributed by atoms with Crippen LogP contribution in [0.1, 0.15) is 78.6 Å². The number of sulfonamides is 1. The number of nitrogens with zero attached hydrogens (tertiary/aromatic N) is 7. The Morgan fingerprint density at radius 1 is 0.864 bits per heavy atom. The van der Waals surface area contributed by atoms with Crippen molar-refractivity contribution in [3.8, 4) is 17.2 Å². The van der Waals surface area contributed by atoms with Gasteiger partial charge in [0.15, 0.2) is 0 Å². The third-order valence-electron chi connectivity index (χ3n) is 11.4. The summed E-state index contributed by atoms with van der Waals surface area (Å²) in [6.45, 7) is 1.87. The second-order valence-corrected chi connectivity index (χ2v) is 18.7. The Kier molecular flexibility index (Phi) is 9.35. The van der Waals surface area contributed by atoms with Gasteiger partial charge < -0.3 is 10.6 Å². The van der Waals surface area contributed by atoms with Gasteiger partial charge in [0.1, 0.15) is 22.8 Å². The Balaban J connectivity index is 0.957. The molecule has 3 amide bonds. The lowest BCUT2D eigenvalue weighted by atomic mass is 9.90. The molecule has 15 nitrogen and oxygen atoms in total. The number of aromatic nitrogens is 5. The van der Waals surface area contributed by atoms with Gasteiger partial charge in [-0.3, -0.25) is 23.9 Å². The maximum Gasteiger partial charge on any atom is 0.270 e. The van der Waals surface area contributed by atoms with E-state index in [0.717, 1.165) is 11.1 Å². The summed E-state index contributed by atoms with van der Waals surface area (Å²) in [6, 6.07) is 17.7. The van der Waals surface area contributed by atoms with Crippen molar-refractivity contribution in [2.24, 2.45) is 0 Å². The van der Waals surface area contributed by atoms with E-state index in [4.69, 9.17) is 28.5 Å². The molecule has 4 aliphatic rings. The SMILES string of the molecule is C[C@@]1(Cc2ccc(-c3cnc(C#N)nc3)cc2)C(=O)N(c2cc(Cl)cc(Cl)c2)c2ncc(C(=O)NC3(C(=O)NC4(c5ccc(CNS(=O)(=O)C6CC6)cn5)CC4)CC3)n21. The third kappa shape index (κ3) is 7.22. The molecule has 59 heavy (non-hydrogen) atoms. The highest BCUT2D eigenvalue weighted by Gasteiger charge is 2.57. The van der Waals surface area contributed by atoms with E-state index in [-0.39, 0.29) is 47.5 Å². The summed E-state index contributed by atoms with van der Waals surface area (Å²) in [4.78, 5) is 61.6. The van der Waals surface area contributed by atoms with E-state index in [1.165, 1.54) is 11.1 Å². The molecule has 3 N–H and O–H groups in total. The van der Waals surface area contributed by atoms with Crippen LogP contribution >= 0.6 is 23.2 Å². The van der Waals surface area contributed by atoms with Crippen molar-refractivity contribution in [2.45, 2.75) is 80.3 Å². The second kappa shape index (κ2) is 14.2. The largest absolute Gasteiger partial charge is 0.343 e. The van der Waals surface area contributed by atoms with Gasteiger partial charge >= 0.3 is 0 Å². The summed E-state index contributed by atoms with van der Waals surface area (Å²) >= 11 is 12.8. The van der Waals surface area contributed by atoms with Crippen molar-refractivity contribution in [3.63, 3.8) is 0 Å². The molecule has 0 radical (unpaired) electrons. The van der Waals surface area contributed by atoms with Crippen LogP contribution in [-0.2, 0) is 43.7 Å². The minimum absolute atomic E-state index is 0.0638. The highest BCUT2D eigenvalue weighted by atomic mass is 35.5. The number of anilines is 2. The van der Waals surface area contributed by atoms with E-state index >= 15 is 0 Å². The van der Waals surface area contributed by atoms with Gasteiger partial charge in [-0.25, -0.2) is 33.0 Å². The standard InChI is InChI=1S/C41H36Cl2N10O5S/c1-39(17-24-2-5-26(6-3-24)27-21-46-34(18-44)47-22-27)37(56)52(30-15-28(42)14-29(43)16-30)38-48-23-32(53(38)39)35(54)50-41(12-13-41)36(55)51-40(10-11-40)33-9-4-25(19-45-33)20-49-59(57,58)31-7-8-31/h2-6,9,14-16,19,21-23,31,49H,7-8,10-13,17,20H2,1H3,(H,50,54)(H,51,55)/t39-/m1/s1. The van der Waals surface area contributed by atoms with Crippen LogP contribution in [0.2, 0.25) is 10.0 Å². The number of hydrogen-bond acceptors (Lipinski definition) is 10. The molecule has 1 atom stereocenters. The number of fused-ring (bicyclic) bond motifs is 1. The smallest absolute Gasteiger partial charge is 0.270 e. The molecule has 1 aliphatic heterocycles. The first-order chi connectivity index (χ1) is 28.2. The Labute approximate surface area is 349 Å². The van der Waals surface area contributed by atoms with Crippen molar-refractivity contribution >= 4 is 62.6 Å². The topological polar surface area (TPSA) is 205 Å².